The van der Waals surface area contributed by atoms with Crippen molar-refractivity contribution in [3.8, 4) is 0 Å². The summed E-state index contributed by atoms with van der Waals surface area (Å²) in [5.74, 6) is 0.752. The highest BCUT2D eigenvalue weighted by atomic mass is 32.1. The van der Waals surface area contributed by atoms with Gasteiger partial charge in [-0.05, 0) is 19.8 Å². The zero-order valence-electron chi connectivity index (χ0n) is 9.66. The molecule has 88 valence electrons. The fourth-order valence-electron chi connectivity index (χ4n) is 2.32. The number of morpholine rings is 1. The van der Waals surface area contributed by atoms with Gasteiger partial charge < -0.3 is 10.1 Å². The number of hydrogen-bond acceptors (Lipinski definition) is 4. The van der Waals surface area contributed by atoms with Crippen LogP contribution in [0.2, 0.25) is 0 Å². The molecule has 0 bridgehead atoms. The van der Waals surface area contributed by atoms with E-state index >= 15 is 0 Å². The van der Waals surface area contributed by atoms with Gasteiger partial charge in [-0.3, -0.25) is 0 Å². The van der Waals surface area contributed by atoms with Crippen LogP contribution in [0.15, 0.2) is 0 Å². The summed E-state index contributed by atoms with van der Waals surface area (Å²) in [6.45, 7) is 4.72. The second kappa shape index (κ2) is 4.43. The van der Waals surface area contributed by atoms with Gasteiger partial charge in [0.15, 0.2) is 0 Å². The summed E-state index contributed by atoms with van der Waals surface area (Å²) in [5.41, 5.74) is 1.20. The van der Waals surface area contributed by atoms with Crippen LogP contribution in [-0.2, 0) is 4.74 Å². The molecule has 1 saturated carbocycles. The Balaban J connectivity index is 1.79. The third-order valence-electron chi connectivity index (χ3n) is 3.54. The molecule has 3 rings (SSSR count). The topological polar surface area (TPSA) is 34.1 Å². The van der Waals surface area contributed by atoms with Crippen molar-refractivity contribution in [2.24, 2.45) is 0 Å². The number of nitrogens with zero attached hydrogens (tertiary/aromatic N) is 1. The van der Waals surface area contributed by atoms with Gasteiger partial charge in [0.25, 0.3) is 0 Å². The Morgan fingerprint density at radius 2 is 2.31 bits per heavy atom. The molecule has 0 spiro atoms. The number of aryl methyl sites for hydroxylation is 1. The molecular weight excluding hydrogens is 220 g/mol. The van der Waals surface area contributed by atoms with E-state index in [4.69, 9.17) is 9.72 Å². The summed E-state index contributed by atoms with van der Waals surface area (Å²) >= 11 is 1.90. The van der Waals surface area contributed by atoms with E-state index in [1.165, 1.54) is 34.8 Å². The number of hydrogen-bond donors (Lipinski definition) is 1. The molecule has 0 radical (unpaired) electrons. The van der Waals surface area contributed by atoms with Crippen molar-refractivity contribution in [2.75, 3.05) is 19.8 Å². The van der Waals surface area contributed by atoms with Gasteiger partial charge in [0.1, 0.15) is 0 Å². The molecule has 0 aromatic carbocycles. The molecule has 1 aromatic heterocycles. The molecule has 1 aliphatic carbocycles. The van der Waals surface area contributed by atoms with Gasteiger partial charge in [0.2, 0.25) is 0 Å². The second-order valence-electron chi connectivity index (χ2n) is 4.71. The number of rotatable bonds is 2. The van der Waals surface area contributed by atoms with Crippen LogP contribution >= 0.6 is 11.3 Å². The number of aromatic nitrogens is 1. The van der Waals surface area contributed by atoms with Crippen LogP contribution in [-0.4, -0.2) is 24.7 Å². The minimum absolute atomic E-state index is 0.375. The summed E-state index contributed by atoms with van der Waals surface area (Å²) in [4.78, 5) is 6.12. The highest BCUT2D eigenvalue weighted by Crippen LogP contribution is 2.40. The van der Waals surface area contributed by atoms with Crippen LogP contribution in [0.3, 0.4) is 0 Å². The zero-order valence-corrected chi connectivity index (χ0v) is 10.5. The van der Waals surface area contributed by atoms with Gasteiger partial charge >= 0.3 is 0 Å². The van der Waals surface area contributed by atoms with Crippen LogP contribution in [0.25, 0.3) is 0 Å². The van der Waals surface area contributed by atoms with Gasteiger partial charge in [0, 0.05) is 17.3 Å². The first-order chi connectivity index (χ1) is 7.84. The molecule has 1 N–H and O–H groups in total. The summed E-state index contributed by atoms with van der Waals surface area (Å²) in [7, 11) is 0. The summed E-state index contributed by atoms with van der Waals surface area (Å²) < 4.78 is 5.52. The van der Waals surface area contributed by atoms with Crippen molar-refractivity contribution in [1.29, 1.82) is 0 Å². The maximum Gasteiger partial charge on any atom is 0.0962 e. The fourth-order valence-corrected chi connectivity index (χ4v) is 3.61. The standard InChI is InChI=1S/C12H18N2OS/c1-8-11(10-7-15-6-5-13-10)16-12(14-8)9-3-2-4-9/h9-10,13H,2-7H2,1H3. The lowest BCUT2D eigenvalue weighted by atomic mass is 9.86. The normalized spacial score (nSPS) is 26.7. The van der Waals surface area contributed by atoms with Gasteiger partial charge in [-0.25, -0.2) is 4.98 Å². The third-order valence-corrected chi connectivity index (χ3v) is 4.98. The Hall–Kier alpha value is -0.450. The van der Waals surface area contributed by atoms with Crippen molar-refractivity contribution in [3.63, 3.8) is 0 Å². The number of ether oxygens (including phenoxy) is 1. The Labute approximate surface area is 100 Å². The predicted octanol–water partition coefficient (Wildman–Crippen LogP) is 2.38. The van der Waals surface area contributed by atoms with Gasteiger partial charge in [-0.15, -0.1) is 11.3 Å². The molecule has 3 nitrogen and oxygen atoms in total. The van der Waals surface area contributed by atoms with E-state index in [0.717, 1.165) is 25.7 Å². The summed E-state index contributed by atoms with van der Waals surface area (Å²) in [6, 6.07) is 0.375. The van der Waals surface area contributed by atoms with Crippen molar-refractivity contribution in [1.82, 2.24) is 10.3 Å². The van der Waals surface area contributed by atoms with Gasteiger partial charge in [-0.2, -0.15) is 0 Å². The molecule has 2 aliphatic rings. The van der Waals surface area contributed by atoms with Crippen LogP contribution < -0.4 is 5.32 Å². The lowest BCUT2D eigenvalue weighted by Gasteiger charge is -2.24. The Kier molecular flexibility index (Phi) is 2.96. The predicted molar refractivity (Wildman–Crippen MR) is 65.0 cm³/mol. The lowest BCUT2D eigenvalue weighted by molar-refractivity contribution is 0.0777. The number of nitrogens with one attached hydrogen (secondary N) is 1. The maximum atomic E-state index is 5.52. The highest BCUT2D eigenvalue weighted by molar-refractivity contribution is 7.12. The Morgan fingerprint density at radius 1 is 1.44 bits per heavy atom. The Bertz CT molecular complexity index is 367. The summed E-state index contributed by atoms with van der Waals surface area (Å²) in [6.07, 6.45) is 4.05. The van der Waals surface area contributed by atoms with Crippen LogP contribution in [0.4, 0.5) is 0 Å². The average Bonchev–Trinajstić information content (AvgIpc) is 2.59. The number of thiazole rings is 1. The van der Waals surface area contributed by atoms with E-state index in [1.807, 2.05) is 11.3 Å². The average molecular weight is 238 g/mol. The Morgan fingerprint density at radius 3 is 2.94 bits per heavy atom. The van der Waals surface area contributed by atoms with E-state index < -0.39 is 0 Å². The molecule has 1 atom stereocenters. The van der Waals surface area contributed by atoms with Crippen molar-refractivity contribution in [3.05, 3.63) is 15.6 Å². The molecule has 0 amide bonds. The maximum absolute atomic E-state index is 5.52. The molecule has 1 aromatic rings. The van der Waals surface area contributed by atoms with Gasteiger partial charge in [0.05, 0.1) is 30.0 Å². The van der Waals surface area contributed by atoms with Crippen LogP contribution in [0.1, 0.15) is 46.8 Å². The van der Waals surface area contributed by atoms with E-state index in [1.54, 1.807) is 0 Å². The minimum atomic E-state index is 0.375. The molecule has 1 unspecified atom stereocenters. The zero-order chi connectivity index (χ0) is 11.0. The first-order valence-electron chi connectivity index (χ1n) is 6.13. The van der Waals surface area contributed by atoms with Crippen molar-refractivity contribution in [2.45, 2.75) is 38.1 Å². The fraction of sp³-hybridized carbons (Fsp3) is 0.750. The molecule has 4 heteroatoms. The van der Waals surface area contributed by atoms with E-state index in [9.17, 15) is 0 Å². The SMILES string of the molecule is Cc1nc(C2CCC2)sc1C1COCCN1. The molecular formula is C12H18N2OS. The summed E-state index contributed by atoms with van der Waals surface area (Å²) in [5, 5.41) is 4.86. The van der Waals surface area contributed by atoms with E-state index in [-0.39, 0.29) is 0 Å². The largest absolute Gasteiger partial charge is 0.378 e. The van der Waals surface area contributed by atoms with Crippen LogP contribution in [0.5, 0.6) is 0 Å². The highest BCUT2D eigenvalue weighted by Gasteiger charge is 2.26. The minimum Gasteiger partial charge on any atom is -0.378 e. The molecule has 16 heavy (non-hydrogen) atoms. The quantitative estimate of drug-likeness (QED) is 0.859. The molecule has 2 heterocycles. The smallest absolute Gasteiger partial charge is 0.0962 e. The van der Waals surface area contributed by atoms with Crippen molar-refractivity contribution >= 4 is 11.3 Å². The molecule has 1 saturated heterocycles. The van der Waals surface area contributed by atoms with Gasteiger partial charge in [-0.1, -0.05) is 6.42 Å². The first kappa shape index (κ1) is 10.7. The first-order valence-corrected chi connectivity index (χ1v) is 6.94. The lowest BCUT2D eigenvalue weighted by Crippen LogP contribution is -2.34. The third kappa shape index (κ3) is 1.90. The van der Waals surface area contributed by atoms with Crippen LogP contribution in [0, 0.1) is 6.92 Å². The monoisotopic (exact) mass is 238 g/mol. The molecule has 1 aliphatic heterocycles. The van der Waals surface area contributed by atoms with E-state index in [2.05, 4.69) is 12.2 Å². The van der Waals surface area contributed by atoms with E-state index in [0.29, 0.717) is 6.04 Å². The molecule has 2 fully saturated rings. The van der Waals surface area contributed by atoms with Crippen molar-refractivity contribution < 1.29 is 4.74 Å². The second-order valence-corrected chi connectivity index (χ2v) is 5.77.